The number of ketones is 1. The summed E-state index contributed by atoms with van der Waals surface area (Å²) < 4.78 is 10.6. The van der Waals surface area contributed by atoms with Crippen LogP contribution >= 0.6 is 0 Å². The van der Waals surface area contributed by atoms with Gasteiger partial charge in [0, 0.05) is 5.39 Å². The molecule has 0 atom stereocenters. The molecule has 0 N–H and O–H groups in total. The third-order valence-electron chi connectivity index (χ3n) is 4.35. The average Bonchev–Trinajstić information content (AvgIpc) is 3.10. The molecule has 0 bridgehead atoms. The smallest absolute Gasteiger partial charge is 0.338 e. The first kappa shape index (κ1) is 16.9. The molecule has 0 unspecified atom stereocenters. The van der Waals surface area contributed by atoms with Crippen LogP contribution in [0.25, 0.3) is 22.0 Å². The van der Waals surface area contributed by atoms with Gasteiger partial charge >= 0.3 is 5.97 Å². The SMILES string of the molecule is Cc1nc2ccc(C(=O)OCC(=O)c3cc4ccccc4o3)cc2nc1C. The van der Waals surface area contributed by atoms with Crippen molar-refractivity contribution in [2.75, 3.05) is 6.61 Å². The Morgan fingerprint density at radius 3 is 2.48 bits per heavy atom. The van der Waals surface area contributed by atoms with E-state index in [2.05, 4.69) is 9.97 Å². The van der Waals surface area contributed by atoms with Gasteiger partial charge in [-0.2, -0.15) is 0 Å². The van der Waals surface area contributed by atoms with Gasteiger partial charge in [-0.15, -0.1) is 0 Å². The topological polar surface area (TPSA) is 82.3 Å². The number of esters is 1. The van der Waals surface area contributed by atoms with E-state index >= 15 is 0 Å². The minimum absolute atomic E-state index is 0.166. The highest BCUT2D eigenvalue weighted by molar-refractivity contribution is 6.00. The third kappa shape index (κ3) is 3.29. The number of fused-ring (bicyclic) bond motifs is 2. The Morgan fingerprint density at radius 2 is 1.70 bits per heavy atom. The fourth-order valence-electron chi connectivity index (χ4n) is 2.76. The number of hydrogen-bond acceptors (Lipinski definition) is 6. The summed E-state index contributed by atoms with van der Waals surface area (Å²) in [6, 6.07) is 13.9. The molecule has 2 aromatic carbocycles. The van der Waals surface area contributed by atoms with E-state index < -0.39 is 18.4 Å². The van der Waals surface area contributed by atoms with Crippen LogP contribution in [-0.4, -0.2) is 28.3 Å². The van der Waals surface area contributed by atoms with Crippen molar-refractivity contribution < 1.29 is 18.7 Å². The standard InChI is InChI=1S/C21H16N2O4/c1-12-13(2)23-17-9-15(7-8-16(17)22-12)21(25)26-11-18(24)20-10-14-5-3-4-6-19(14)27-20/h3-10H,11H2,1-2H3. The van der Waals surface area contributed by atoms with E-state index in [1.54, 1.807) is 30.3 Å². The first-order chi connectivity index (χ1) is 13.0. The largest absolute Gasteiger partial charge is 0.454 e. The molecule has 134 valence electrons. The van der Waals surface area contributed by atoms with Gasteiger partial charge in [-0.05, 0) is 44.2 Å². The van der Waals surface area contributed by atoms with Crippen molar-refractivity contribution in [1.29, 1.82) is 0 Å². The zero-order valence-electron chi connectivity index (χ0n) is 14.9. The van der Waals surface area contributed by atoms with Gasteiger partial charge in [0.1, 0.15) is 5.58 Å². The van der Waals surface area contributed by atoms with Gasteiger partial charge in [-0.3, -0.25) is 4.79 Å². The molecule has 0 spiro atoms. The molecule has 0 aliphatic rings. The molecule has 0 saturated heterocycles. The molecule has 0 radical (unpaired) electrons. The molecule has 27 heavy (non-hydrogen) atoms. The van der Waals surface area contributed by atoms with Crippen molar-refractivity contribution in [3.8, 4) is 0 Å². The molecule has 0 fully saturated rings. The molecule has 6 nitrogen and oxygen atoms in total. The predicted octanol–water partition coefficient (Wildman–Crippen LogP) is 4.03. The third-order valence-corrected chi connectivity index (χ3v) is 4.35. The Morgan fingerprint density at radius 1 is 0.963 bits per heavy atom. The van der Waals surface area contributed by atoms with Gasteiger partial charge in [0.05, 0.1) is 28.0 Å². The molecule has 4 rings (SSSR count). The Balaban J connectivity index is 1.49. The lowest BCUT2D eigenvalue weighted by atomic mass is 10.2. The number of aromatic nitrogens is 2. The summed E-state index contributed by atoms with van der Waals surface area (Å²) in [6.45, 7) is 3.35. The number of carbonyl (C=O) groups is 2. The van der Waals surface area contributed by atoms with E-state index in [-0.39, 0.29) is 5.76 Å². The van der Waals surface area contributed by atoms with Crippen LogP contribution in [0.1, 0.15) is 32.3 Å². The van der Waals surface area contributed by atoms with E-state index in [0.717, 1.165) is 16.8 Å². The number of furan rings is 1. The lowest BCUT2D eigenvalue weighted by Crippen LogP contribution is -2.14. The zero-order chi connectivity index (χ0) is 19.0. The van der Waals surface area contributed by atoms with Crippen LogP contribution < -0.4 is 0 Å². The summed E-state index contributed by atoms with van der Waals surface area (Å²) >= 11 is 0. The van der Waals surface area contributed by atoms with E-state index in [9.17, 15) is 9.59 Å². The first-order valence-corrected chi connectivity index (χ1v) is 8.45. The number of rotatable bonds is 4. The molecule has 2 aromatic heterocycles. The fourth-order valence-corrected chi connectivity index (χ4v) is 2.76. The van der Waals surface area contributed by atoms with Crippen molar-refractivity contribution in [2.24, 2.45) is 0 Å². The van der Waals surface area contributed by atoms with Crippen molar-refractivity contribution in [1.82, 2.24) is 9.97 Å². The van der Waals surface area contributed by atoms with Crippen LogP contribution in [-0.2, 0) is 4.74 Å². The van der Waals surface area contributed by atoms with Crippen LogP contribution in [0.3, 0.4) is 0 Å². The highest BCUT2D eigenvalue weighted by Crippen LogP contribution is 2.19. The molecule has 0 aliphatic carbocycles. The fraction of sp³-hybridized carbons (Fsp3) is 0.143. The van der Waals surface area contributed by atoms with Gasteiger partial charge < -0.3 is 9.15 Å². The second-order valence-electron chi connectivity index (χ2n) is 6.25. The van der Waals surface area contributed by atoms with Crippen LogP contribution in [0.4, 0.5) is 0 Å². The Kier molecular flexibility index (Phi) is 4.16. The number of Topliss-reactive ketones (excluding diaryl/α,β-unsaturated/α-hetero) is 1. The van der Waals surface area contributed by atoms with Crippen LogP contribution in [0.2, 0.25) is 0 Å². The molecule has 0 aliphatic heterocycles. The van der Waals surface area contributed by atoms with Crippen LogP contribution in [0.5, 0.6) is 0 Å². The number of para-hydroxylation sites is 1. The molecule has 0 amide bonds. The number of ether oxygens (including phenoxy) is 1. The minimum atomic E-state index is -0.596. The van der Waals surface area contributed by atoms with E-state index in [4.69, 9.17) is 9.15 Å². The second kappa shape index (κ2) is 6.64. The first-order valence-electron chi connectivity index (χ1n) is 8.45. The maximum absolute atomic E-state index is 12.3. The highest BCUT2D eigenvalue weighted by atomic mass is 16.5. The quantitative estimate of drug-likeness (QED) is 0.404. The Labute approximate surface area is 154 Å². The molecule has 2 heterocycles. The summed E-state index contributed by atoms with van der Waals surface area (Å²) in [6.07, 6.45) is 0. The summed E-state index contributed by atoms with van der Waals surface area (Å²) in [4.78, 5) is 33.4. The summed E-state index contributed by atoms with van der Waals surface area (Å²) in [5, 5.41) is 0.825. The maximum Gasteiger partial charge on any atom is 0.338 e. The number of hydrogen-bond donors (Lipinski definition) is 0. The predicted molar refractivity (Wildman–Crippen MR) is 99.8 cm³/mol. The van der Waals surface area contributed by atoms with Gasteiger partial charge in [-0.1, -0.05) is 18.2 Å². The molecular formula is C21H16N2O4. The minimum Gasteiger partial charge on any atom is -0.454 e. The molecule has 0 saturated carbocycles. The Bertz CT molecular complexity index is 1160. The van der Waals surface area contributed by atoms with Crippen LogP contribution in [0.15, 0.2) is 52.9 Å². The Hall–Kier alpha value is -3.54. The van der Waals surface area contributed by atoms with Crippen molar-refractivity contribution >= 4 is 33.8 Å². The van der Waals surface area contributed by atoms with Gasteiger partial charge in [0.25, 0.3) is 0 Å². The zero-order valence-corrected chi connectivity index (χ0v) is 14.9. The number of carbonyl (C=O) groups excluding carboxylic acids is 2. The maximum atomic E-state index is 12.3. The van der Waals surface area contributed by atoms with Crippen LogP contribution in [0, 0.1) is 13.8 Å². The molecule has 6 heteroatoms. The lowest BCUT2D eigenvalue weighted by Gasteiger charge is -2.06. The normalized spacial score (nSPS) is 11.0. The highest BCUT2D eigenvalue weighted by Gasteiger charge is 2.16. The van der Waals surface area contributed by atoms with Gasteiger partial charge in [-0.25, -0.2) is 14.8 Å². The molecule has 4 aromatic rings. The molecular weight excluding hydrogens is 344 g/mol. The van der Waals surface area contributed by atoms with E-state index in [1.807, 2.05) is 32.0 Å². The number of benzene rings is 2. The van der Waals surface area contributed by atoms with Crippen molar-refractivity contribution in [3.63, 3.8) is 0 Å². The van der Waals surface area contributed by atoms with Crippen molar-refractivity contribution in [3.05, 3.63) is 71.2 Å². The monoisotopic (exact) mass is 360 g/mol. The summed E-state index contributed by atoms with van der Waals surface area (Å²) in [7, 11) is 0. The number of nitrogens with zero attached hydrogens (tertiary/aromatic N) is 2. The van der Waals surface area contributed by atoms with Gasteiger partial charge in [0.2, 0.25) is 5.78 Å². The van der Waals surface area contributed by atoms with E-state index in [1.165, 1.54) is 0 Å². The van der Waals surface area contributed by atoms with Gasteiger partial charge in [0.15, 0.2) is 12.4 Å². The average molecular weight is 360 g/mol. The summed E-state index contributed by atoms with van der Waals surface area (Å²) in [5.41, 5.74) is 3.88. The number of aryl methyl sites for hydroxylation is 2. The second-order valence-corrected chi connectivity index (χ2v) is 6.25. The summed E-state index contributed by atoms with van der Waals surface area (Å²) in [5.74, 6) is -0.826. The lowest BCUT2D eigenvalue weighted by molar-refractivity contribution is 0.0468. The van der Waals surface area contributed by atoms with E-state index in [0.29, 0.717) is 22.2 Å². The van der Waals surface area contributed by atoms with Crippen molar-refractivity contribution in [2.45, 2.75) is 13.8 Å².